The number of anilines is 1. The summed E-state index contributed by atoms with van der Waals surface area (Å²) in [6.45, 7) is 0.342. The molecule has 3 aliphatic heterocycles. The second kappa shape index (κ2) is 5.20. The van der Waals surface area contributed by atoms with Crippen molar-refractivity contribution >= 4 is 24.4 Å². The number of rotatable bonds is 3. The van der Waals surface area contributed by atoms with E-state index in [0.717, 1.165) is 5.82 Å². The van der Waals surface area contributed by atoms with Gasteiger partial charge >= 0.3 is 0 Å². The summed E-state index contributed by atoms with van der Waals surface area (Å²) in [5.41, 5.74) is 4.39. The lowest BCUT2D eigenvalue weighted by Crippen LogP contribution is -2.35. The molecule has 5 rings (SSSR count). The molecule has 0 saturated heterocycles. The minimum absolute atomic E-state index is 0.255. The van der Waals surface area contributed by atoms with Crippen LogP contribution in [-0.2, 0) is 6.54 Å². The third-order valence-corrected chi connectivity index (χ3v) is 3.97. The van der Waals surface area contributed by atoms with E-state index in [1.807, 2.05) is 11.0 Å². The number of nitrogens with zero attached hydrogens (tertiary/aromatic N) is 6. The molecule has 25 heavy (non-hydrogen) atoms. The van der Waals surface area contributed by atoms with Gasteiger partial charge < -0.3 is 9.32 Å². The molecule has 0 bridgehead atoms. The lowest BCUT2D eigenvalue weighted by molar-refractivity contribution is 0.413. The highest BCUT2D eigenvalue weighted by Crippen LogP contribution is 2.29. The third-order valence-electron chi connectivity index (χ3n) is 3.97. The highest BCUT2D eigenvalue weighted by molar-refractivity contribution is 6.07. The van der Waals surface area contributed by atoms with Crippen molar-refractivity contribution in [3.8, 4) is 0 Å². The number of benzene rings is 1. The second-order valence-corrected chi connectivity index (χ2v) is 5.54. The van der Waals surface area contributed by atoms with Gasteiger partial charge in [-0.1, -0.05) is 18.2 Å². The van der Waals surface area contributed by atoms with Crippen molar-refractivity contribution in [2.45, 2.75) is 6.54 Å². The average molecular weight is 337 g/mol. The quantitative estimate of drug-likeness (QED) is 0.928. The predicted octanol–water partition coefficient (Wildman–Crippen LogP) is 2.03. The minimum atomic E-state index is -0.255. The number of fused-ring (bicyclic) bond motifs is 2. The zero-order valence-electron chi connectivity index (χ0n) is 12.9. The Labute approximate surface area is 141 Å². The van der Waals surface area contributed by atoms with E-state index in [9.17, 15) is 4.39 Å². The molecule has 2 aromatic rings. The standard InChI is InChI=1S/C16H12FN7O/c17-12-5-2-1-4-11(12)8-22-10-19-23-9-18-15-14(16(22)23)20-24(21-15)13-6-3-7-25-13/h1-7,9-10,20H,8H2. The first-order valence-corrected chi connectivity index (χ1v) is 7.61. The number of hydrazine groups is 1. The van der Waals surface area contributed by atoms with Crippen LogP contribution in [-0.4, -0.2) is 28.4 Å². The summed E-state index contributed by atoms with van der Waals surface area (Å²) >= 11 is 0. The Morgan fingerprint density at radius 3 is 2.88 bits per heavy atom. The molecule has 8 nitrogen and oxygen atoms in total. The maximum Gasteiger partial charge on any atom is 0.235 e. The average Bonchev–Trinajstić information content (AvgIpc) is 3.35. The number of nitrogens with one attached hydrogen (secondary N) is 1. The first-order chi connectivity index (χ1) is 12.3. The molecule has 0 atom stereocenters. The van der Waals surface area contributed by atoms with Gasteiger partial charge in [0.1, 0.15) is 24.2 Å². The van der Waals surface area contributed by atoms with E-state index in [2.05, 4.69) is 20.6 Å². The second-order valence-electron chi connectivity index (χ2n) is 5.54. The van der Waals surface area contributed by atoms with Crippen LogP contribution >= 0.6 is 0 Å². The van der Waals surface area contributed by atoms with Crippen LogP contribution in [0.15, 0.2) is 73.8 Å². The Morgan fingerprint density at radius 1 is 1.12 bits per heavy atom. The Kier molecular flexibility index (Phi) is 2.87. The van der Waals surface area contributed by atoms with E-state index in [0.29, 0.717) is 29.5 Å². The van der Waals surface area contributed by atoms with E-state index in [4.69, 9.17) is 4.42 Å². The summed E-state index contributed by atoms with van der Waals surface area (Å²) in [6.07, 6.45) is 4.78. The fourth-order valence-corrected chi connectivity index (χ4v) is 2.80. The minimum Gasteiger partial charge on any atom is -0.446 e. The summed E-state index contributed by atoms with van der Waals surface area (Å²) in [6, 6.07) is 10.2. The van der Waals surface area contributed by atoms with Gasteiger partial charge in [-0.3, -0.25) is 5.43 Å². The number of aliphatic imine (C=N–C) groups is 1. The summed E-state index contributed by atoms with van der Waals surface area (Å²) in [5, 5.41) is 11.8. The van der Waals surface area contributed by atoms with Gasteiger partial charge in [0, 0.05) is 11.6 Å². The SMILES string of the molecule is Fc1ccccc1CN1C=NN2C=NC3=NN(c4ccco4)NC3=C12. The molecule has 1 N–H and O–H groups in total. The lowest BCUT2D eigenvalue weighted by atomic mass is 10.2. The van der Waals surface area contributed by atoms with Crippen LogP contribution in [0.3, 0.4) is 0 Å². The first-order valence-electron chi connectivity index (χ1n) is 7.61. The van der Waals surface area contributed by atoms with Crippen LogP contribution < -0.4 is 10.5 Å². The topological polar surface area (TPSA) is 72.0 Å². The molecule has 0 fully saturated rings. The van der Waals surface area contributed by atoms with E-state index in [1.54, 1.807) is 48.2 Å². The van der Waals surface area contributed by atoms with Gasteiger partial charge in [0.2, 0.25) is 11.7 Å². The number of halogens is 1. The predicted molar refractivity (Wildman–Crippen MR) is 89.5 cm³/mol. The summed E-state index contributed by atoms with van der Waals surface area (Å²) in [5.74, 6) is 1.52. The maximum atomic E-state index is 14.0. The fraction of sp³-hybridized carbons (Fsp3) is 0.0625. The van der Waals surface area contributed by atoms with Crippen LogP contribution in [0, 0.1) is 5.82 Å². The smallest absolute Gasteiger partial charge is 0.235 e. The van der Waals surface area contributed by atoms with E-state index in [-0.39, 0.29) is 5.82 Å². The molecule has 124 valence electrons. The van der Waals surface area contributed by atoms with Gasteiger partial charge in [-0.2, -0.15) is 5.10 Å². The Morgan fingerprint density at radius 2 is 2.04 bits per heavy atom. The molecule has 1 aromatic heterocycles. The van der Waals surface area contributed by atoms with Gasteiger partial charge in [-0.05, 0) is 12.1 Å². The van der Waals surface area contributed by atoms with Gasteiger partial charge in [-0.15, -0.1) is 10.2 Å². The molecule has 0 amide bonds. The monoisotopic (exact) mass is 337 g/mol. The number of hydrazone groups is 2. The highest BCUT2D eigenvalue weighted by Gasteiger charge is 2.35. The number of hydrogen-bond donors (Lipinski definition) is 1. The van der Waals surface area contributed by atoms with Gasteiger partial charge in [0.25, 0.3) is 0 Å². The van der Waals surface area contributed by atoms with Crippen molar-refractivity contribution in [1.82, 2.24) is 15.3 Å². The fourth-order valence-electron chi connectivity index (χ4n) is 2.80. The molecule has 3 aliphatic rings. The van der Waals surface area contributed by atoms with E-state index in [1.165, 1.54) is 11.2 Å². The van der Waals surface area contributed by atoms with Crippen molar-refractivity contribution in [2.75, 3.05) is 5.12 Å². The van der Waals surface area contributed by atoms with E-state index < -0.39 is 0 Å². The Bertz CT molecular complexity index is 947. The molecule has 4 heterocycles. The molecule has 1 aromatic carbocycles. The lowest BCUT2D eigenvalue weighted by Gasteiger charge is -2.24. The molecule has 0 unspecified atom stereocenters. The van der Waals surface area contributed by atoms with E-state index >= 15 is 0 Å². The summed E-state index contributed by atoms with van der Waals surface area (Å²) in [7, 11) is 0. The highest BCUT2D eigenvalue weighted by atomic mass is 19.1. The maximum absolute atomic E-state index is 14.0. The Balaban J connectivity index is 1.49. The van der Waals surface area contributed by atoms with Gasteiger partial charge in [0.05, 0.1) is 12.8 Å². The van der Waals surface area contributed by atoms with Gasteiger partial charge in [0.15, 0.2) is 5.82 Å². The van der Waals surface area contributed by atoms with Crippen molar-refractivity contribution in [3.05, 3.63) is 65.6 Å². The summed E-state index contributed by atoms with van der Waals surface area (Å²) in [4.78, 5) is 6.13. The normalized spacial score (nSPS) is 17.8. The zero-order valence-corrected chi connectivity index (χ0v) is 12.9. The molecule has 0 saturated carbocycles. The largest absolute Gasteiger partial charge is 0.446 e. The van der Waals surface area contributed by atoms with Crippen molar-refractivity contribution in [2.24, 2.45) is 15.2 Å². The van der Waals surface area contributed by atoms with Crippen LogP contribution in [0.5, 0.6) is 0 Å². The number of amidine groups is 1. The van der Waals surface area contributed by atoms with Crippen molar-refractivity contribution in [1.29, 1.82) is 0 Å². The van der Waals surface area contributed by atoms with Crippen LogP contribution in [0.25, 0.3) is 0 Å². The third kappa shape index (κ3) is 2.17. The molecule has 0 spiro atoms. The molecule has 0 aliphatic carbocycles. The molecule has 9 heteroatoms. The van der Waals surface area contributed by atoms with Crippen LogP contribution in [0.4, 0.5) is 10.3 Å². The number of furan rings is 1. The summed E-state index contributed by atoms with van der Waals surface area (Å²) < 4.78 is 19.3. The van der Waals surface area contributed by atoms with Gasteiger partial charge in [-0.25, -0.2) is 14.4 Å². The molecule has 0 radical (unpaired) electrons. The zero-order chi connectivity index (χ0) is 16.8. The Hall–Kier alpha value is -3.62. The first kappa shape index (κ1) is 13.8. The number of hydrogen-bond acceptors (Lipinski definition) is 8. The van der Waals surface area contributed by atoms with Crippen LogP contribution in [0.2, 0.25) is 0 Å². The molecular weight excluding hydrogens is 325 g/mol. The van der Waals surface area contributed by atoms with Crippen molar-refractivity contribution in [3.63, 3.8) is 0 Å². The molecular formula is C16H12FN7O. The van der Waals surface area contributed by atoms with Crippen molar-refractivity contribution < 1.29 is 8.81 Å². The van der Waals surface area contributed by atoms with Crippen LogP contribution in [0.1, 0.15) is 5.56 Å².